The van der Waals surface area contributed by atoms with Crippen molar-refractivity contribution in [2.24, 2.45) is 5.92 Å². The van der Waals surface area contributed by atoms with Crippen molar-refractivity contribution in [2.45, 2.75) is 52.5 Å². The Kier molecular flexibility index (Phi) is 3.16. The number of hydrogen-bond donors (Lipinski definition) is 0. The van der Waals surface area contributed by atoms with Gasteiger partial charge in [-0.05, 0) is 45.7 Å². The Bertz CT molecular complexity index is 134. The van der Waals surface area contributed by atoms with Crippen molar-refractivity contribution in [3.05, 3.63) is 0 Å². The lowest BCUT2D eigenvalue weighted by Crippen LogP contribution is -2.46. The van der Waals surface area contributed by atoms with Crippen LogP contribution in [0, 0.1) is 5.92 Å². The molecule has 12 heavy (non-hydrogen) atoms. The molecule has 0 aromatic carbocycles. The molecule has 1 aliphatic heterocycles. The average Bonchev–Trinajstić information content (AvgIpc) is 2.55. The van der Waals surface area contributed by atoms with Gasteiger partial charge in [-0.15, -0.1) is 0 Å². The Labute approximate surface area is 77.1 Å². The molecule has 1 nitrogen and oxygen atoms in total. The fourth-order valence-electron chi connectivity index (χ4n) is 2.10. The van der Waals surface area contributed by atoms with E-state index in [0.29, 0.717) is 5.54 Å². The Morgan fingerprint density at radius 3 is 2.17 bits per heavy atom. The SMILES string of the molecule is CCC(C)C(C)(C)N1CCCC1. The zero-order valence-electron chi connectivity index (χ0n) is 9.06. The van der Waals surface area contributed by atoms with Gasteiger partial charge in [-0.25, -0.2) is 0 Å². The molecule has 0 spiro atoms. The molecule has 0 amide bonds. The van der Waals surface area contributed by atoms with Gasteiger partial charge in [0.05, 0.1) is 0 Å². The largest absolute Gasteiger partial charge is 0.298 e. The smallest absolute Gasteiger partial charge is 0.0178 e. The summed E-state index contributed by atoms with van der Waals surface area (Å²) < 4.78 is 0. The molecule has 1 saturated heterocycles. The van der Waals surface area contributed by atoms with Crippen LogP contribution in [0.25, 0.3) is 0 Å². The predicted molar refractivity (Wildman–Crippen MR) is 54.3 cm³/mol. The molecule has 1 aliphatic rings. The van der Waals surface area contributed by atoms with Crippen molar-refractivity contribution < 1.29 is 0 Å². The van der Waals surface area contributed by atoms with Crippen molar-refractivity contribution in [2.75, 3.05) is 13.1 Å². The summed E-state index contributed by atoms with van der Waals surface area (Å²) in [6, 6.07) is 0. The molecule has 1 atom stereocenters. The molecule has 0 N–H and O–H groups in total. The lowest BCUT2D eigenvalue weighted by Gasteiger charge is -2.40. The van der Waals surface area contributed by atoms with Crippen LogP contribution in [0.3, 0.4) is 0 Å². The van der Waals surface area contributed by atoms with Gasteiger partial charge in [-0.3, -0.25) is 4.90 Å². The maximum atomic E-state index is 2.65. The third-order valence-electron chi connectivity index (χ3n) is 3.74. The fraction of sp³-hybridized carbons (Fsp3) is 1.00. The first-order valence-corrected chi connectivity index (χ1v) is 5.34. The van der Waals surface area contributed by atoms with Crippen molar-refractivity contribution in [1.29, 1.82) is 0 Å². The van der Waals surface area contributed by atoms with E-state index in [1.807, 2.05) is 0 Å². The molecule has 0 aliphatic carbocycles. The Morgan fingerprint density at radius 2 is 1.75 bits per heavy atom. The minimum atomic E-state index is 0.422. The van der Waals surface area contributed by atoms with Crippen molar-refractivity contribution in [3.63, 3.8) is 0 Å². The summed E-state index contributed by atoms with van der Waals surface area (Å²) in [6.45, 7) is 12.1. The first kappa shape index (κ1) is 10.0. The molecule has 0 saturated carbocycles. The Hall–Kier alpha value is -0.0400. The van der Waals surface area contributed by atoms with E-state index in [0.717, 1.165) is 5.92 Å². The van der Waals surface area contributed by atoms with Gasteiger partial charge in [0.15, 0.2) is 0 Å². The highest BCUT2D eigenvalue weighted by Crippen LogP contribution is 2.29. The van der Waals surface area contributed by atoms with E-state index in [2.05, 4.69) is 32.6 Å². The van der Waals surface area contributed by atoms with Gasteiger partial charge in [0.2, 0.25) is 0 Å². The molecule has 0 aromatic rings. The van der Waals surface area contributed by atoms with Gasteiger partial charge in [0, 0.05) is 5.54 Å². The molecule has 0 bridgehead atoms. The quantitative estimate of drug-likeness (QED) is 0.628. The molecule has 1 unspecified atom stereocenters. The van der Waals surface area contributed by atoms with Gasteiger partial charge >= 0.3 is 0 Å². The van der Waals surface area contributed by atoms with Crippen LogP contribution in [0.5, 0.6) is 0 Å². The maximum Gasteiger partial charge on any atom is 0.0178 e. The molecular weight excluding hydrogens is 146 g/mol. The van der Waals surface area contributed by atoms with E-state index >= 15 is 0 Å². The van der Waals surface area contributed by atoms with Crippen LogP contribution in [-0.4, -0.2) is 23.5 Å². The van der Waals surface area contributed by atoms with Crippen molar-refractivity contribution >= 4 is 0 Å². The zero-order chi connectivity index (χ0) is 9.19. The molecule has 1 heterocycles. The topological polar surface area (TPSA) is 3.24 Å². The summed E-state index contributed by atoms with van der Waals surface area (Å²) in [5, 5.41) is 0. The monoisotopic (exact) mass is 169 g/mol. The first-order valence-electron chi connectivity index (χ1n) is 5.34. The number of hydrogen-bond acceptors (Lipinski definition) is 1. The third-order valence-corrected chi connectivity index (χ3v) is 3.74. The minimum absolute atomic E-state index is 0.422. The molecule has 1 heteroatoms. The number of likely N-dealkylation sites (tertiary alicyclic amines) is 1. The first-order chi connectivity index (χ1) is 5.59. The summed E-state index contributed by atoms with van der Waals surface area (Å²) in [7, 11) is 0. The molecule has 1 rings (SSSR count). The Balaban J connectivity index is 2.56. The third kappa shape index (κ3) is 1.82. The summed E-state index contributed by atoms with van der Waals surface area (Å²) >= 11 is 0. The average molecular weight is 169 g/mol. The van der Waals surface area contributed by atoms with Crippen LogP contribution >= 0.6 is 0 Å². The lowest BCUT2D eigenvalue weighted by molar-refractivity contribution is 0.0932. The van der Waals surface area contributed by atoms with Gasteiger partial charge in [0.1, 0.15) is 0 Å². The lowest BCUT2D eigenvalue weighted by atomic mass is 9.85. The van der Waals surface area contributed by atoms with E-state index in [-0.39, 0.29) is 0 Å². The maximum absolute atomic E-state index is 2.65. The van der Waals surface area contributed by atoms with Crippen LogP contribution in [-0.2, 0) is 0 Å². The second kappa shape index (κ2) is 3.78. The molecule has 72 valence electrons. The molecule has 1 fully saturated rings. The number of rotatable bonds is 3. The van der Waals surface area contributed by atoms with Gasteiger partial charge in [-0.1, -0.05) is 20.3 Å². The van der Waals surface area contributed by atoms with E-state index in [1.165, 1.54) is 32.4 Å². The van der Waals surface area contributed by atoms with Crippen molar-refractivity contribution in [1.82, 2.24) is 4.90 Å². The molecule has 0 aromatic heterocycles. The van der Waals surface area contributed by atoms with E-state index in [1.54, 1.807) is 0 Å². The van der Waals surface area contributed by atoms with E-state index in [9.17, 15) is 0 Å². The van der Waals surface area contributed by atoms with Crippen LogP contribution in [0.15, 0.2) is 0 Å². The van der Waals surface area contributed by atoms with Crippen LogP contribution in [0.2, 0.25) is 0 Å². The minimum Gasteiger partial charge on any atom is -0.298 e. The summed E-state index contributed by atoms with van der Waals surface area (Å²) in [5.41, 5.74) is 0.422. The second-order valence-corrected chi connectivity index (χ2v) is 4.66. The van der Waals surface area contributed by atoms with Crippen LogP contribution < -0.4 is 0 Å². The highest BCUT2D eigenvalue weighted by Gasteiger charge is 2.32. The predicted octanol–water partition coefficient (Wildman–Crippen LogP) is 2.91. The van der Waals surface area contributed by atoms with Gasteiger partial charge in [0.25, 0.3) is 0 Å². The molecular formula is C11H23N. The van der Waals surface area contributed by atoms with Crippen LogP contribution in [0.1, 0.15) is 47.0 Å². The van der Waals surface area contributed by atoms with Gasteiger partial charge in [-0.2, -0.15) is 0 Å². The van der Waals surface area contributed by atoms with Crippen LogP contribution in [0.4, 0.5) is 0 Å². The summed E-state index contributed by atoms with van der Waals surface area (Å²) in [4.78, 5) is 2.65. The molecule has 0 radical (unpaired) electrons. The standard InChI is InChI=1S/C11H23N/c1-5-10(2)11(3,4)12-8-6-7-9-12/h10H,5-9H2,1-4H3. The normalized spacial score (nSPS) is 23.0. The second-order valence-electron chi connectivity index (χ2n) is 4.66. The van der Waals surface area contributed by atoms with Gasteiger partial charge < -0.3 is 0 Å². The highest BCUT2D eigenvalue weighted by atomic mass is 15.2. The van der Waals surface area contributed by atoms with E-state index in [4.69, 9.17) is 0 Å². The highest BCUT2D eigenvalue weighted by molar-refractivity contribution is 4.88. The Morgan fingerprint density at radius 1 is 1.25 bits per heavy atom. The van der Waals surface area contributed by atoms with E-state index < -0.39 is 0 Å². The fourth-order valence-corrected chi connectivity index (χ4v) is 2.10. The zero-order valence-corrected chi connectivity index (χ0v) is 9.06. The summed E-state index contributed by atoms with van der Waals surface area (Å²) in [5.74, 6) is 0.815. The number of nitrogens with zero attached hydrogens (tertiary/aromatic N) is 1. The summed E-state index contributed by atoms with van der Waals surface area (Å²) in [6.07, 6.45) is 4.10. The van der Waals surface area contributed by atoms with Crippen molar-refractivity contribution in [3.8, 4) is 0 Å².